The number of ether oxygens (including phenoxy) is 3. The van der Waals surface area contributed by atoms with Gasteiger partial charge in [0.1, 0.15) is 23.8 Å². The van der Waals surface area contributed by atoms with Crippen LogP contribution < -0.4 is 14.2 Å². The van der Waals surface area contributed by atoms with Crippen LogP contribution in [0.1, 0.15) is 6.42 Å². The second kappa shape index (κ2) is 9.35. The van der Waals surface area contributed by atoms with E-state index in [4.69, 9.17) is 14.2 Å². The van der Waals surface area contributed by atoms with Gasteiger partial charge in [-0.2, -0.15) is 0 Å². The van der Waals surface area contributed by atoms with Gasteiger partial charge in [0.05, 0.1) is 25.8 Å². The number of para-hydroxylation sites is 1. The average molecular weight is 456 g/mol. The van der Waals surface area contributed by atoms with Crippen molar-refractivity contribution < 1.29 is 24.1 Å². The minimum absolute atomic E-state index is 0.100. The highest BCUT2D eigenvalue weighted by Crippen LogP contribution is 2.33. The number of hydrogen-bond donors (Lipinski definition) is 1. The summed E-state index contributed by atoms with van der Waals surface area (Å²) in [6, 6.07) is 25.5. The van der Waals surface area contributed by atoms with Crippen molar-refractivity contribution in [2.75, 3.05) is 20.3 Å². The first-order valence-electron chi connectivity index (χ1n) is 11.2. The first kappa shape index (κ1) is 21.6. The fourth-order valence-electron chi connectivity index (χ4n) is 4.40. The molecular formula is C28H25NO5. The lowest BCUT2D eigenvalue weighted by Gasteiger charge is -2.12. The van der Waals surface area contributed by atoms with Crippen LogP contribution in [0, 0.1) is 0 Å². The Balaban J connectivity index is 1.27. The van der Waals surface area contributed by atoms with Crippen LogP contribution in [0.2, 0.25) is 0 Å². The van der Waals surface area contributed by atoms with Crippen molar-refractivity contribution in [3.8, 4) is 17.2 Å². The van der Waals surface area contributed by atoms with Crippen LogP contribution in [0.15, 0.2) is 78.9 Å². The topological polar surface area (TPSA) is 69.9 Å². The number of carboxylic acids is 1. The van der Waals surface area contributed by atoms with E-state index in [2.05, 4.69) is 0 Å². The third-order valence-electron chi connectivity index (χ3n) is 5.92. The van der Waals surface area contributed by atoms with Crippen molar-refractivity contribution in [3.63, 3.8) is 0 Å². The summed E-state index contributed by atoms with van der Waals surface area (Å²) in [6.45, 7) is 0.897. The summed E-state index contributed by atoms with van der Waals surface area (Å²) in [4.78, 5) is 11.4. The zero-order valence-corrected chi connectivity index (χ0v) is 18.9. The molecule has 172 valence electrons. The highest BCUT2D eigenvalue weighted by Gasteiger charge is 2.13. The number of hydrogen-bond acceptors (Lipinski definition) is 4. The van der Waals surface area contributed by atoms with Gasteiger partial charge < -0.3 is 23.9 Å². The lowest BCUT2D eigenvalue weighted by Crippen LogP contribution is -2.08. The van der Waals surface area contributed by atoms with Gasteiger partial charge in [0.15, 0.2) is 0 Å². The van der Waals surface area contributed by atoms with E-state index in [0.717, 1.165) is 44.1 Å². The number of aliphatic carboxylic acids is 1. The molecule has 1 N–H and O–H groups in total. The van der Waals surface area contributed by atoms with Gasteiger partial charge in [-0.1, -0.05) is 42.5 Å². The van der Waals surface area contributed by atoms with Gasteiger partial charge in [0.2, 0.25) is 0 Å². The molecule has 34 heavy (non-hydrogen) atoms. The molecule has 0 aliphatic heterocycles. The molecule has 5 aromatic rings. The van der Waals surface area contributed by atoms with Crippen molar-refractivity contribution >= 4 is 38.5 Å². The second-order valence-corrected chi connectivity index (χ2v) is 8.04. The Labute approximate surface area is 196 Å². The van der Waals surface area contributed by atoms with E-state index in [-0.39, 0.29) is 6.54 Å². The number of aromatic nitrogens is 1. The Bertz CT molecular complexity index is 1490. The number of carboxylic acid groups (broad SMARTS) is 1. The summed E-state index contributed by atoms with van der Waals surface area (Å²) >= 11 is 0. The summed E-state index contributed by atoms with van der Waals surface area (Å²) in [5, 5.41) is 13.5. The Hall–Kier alpha value is -4.19. The molecule has 6 nitrogen and oxygen atoms in total. The standard InChI is InChI=1S/C28H25NO5/c1-32-26-13-14-27(23-9-3-2-8-22(23)26)34-16-6-15-33-19-11-12-21-20-7-4-5-10-24(20)29(18-28(30)31)25(21)17-19/h2-5,7-14,17H,6,15-16,18H2,1H3,(H,30,31). The van der Waals surface area contributed by atoms with Crippen LogP contribution >= 0.6 is 0 Å². The van der Waals surface area contributed by atoms with Crippen molar-refractivity contribution in [2.45, 2.75) is 13.0 Å². The molecule has 0 aliphatic rings. The number of rotatable bonds is 9. The molecule has 0 aliphatic carbocycles. The highest BCUT2D eigenvalue weighted by atomic mass is 16.5. The van der Waals surface area contributed by atoms with Crippen LogP contribution in [0.25, 0.3) is 32.6 Å². The minimum Gasteiger partial charge on any atom is -0.496 e. The summed E-state index contributed by atoms with van der Waals surface area (Å²) < 4.78 is 19.3. The van der Waals surface area contributed by atoms with Gasteiger partial charge >= 0.3 is 5.97 Å². The molecule has 4 aromatic carbocycles. The van der Waals surface area contributed by atoms with E-state index < -0.39 is 5.97 Å². The molecular weight excluding hydrogens is 430 g/mol. The Kier molecular flexibility index (Phi) is 5.95. The van der Waals surface area contributed by atoms with Gasteiger partial charge in [-0.3, -0.25) is 4.79 Å². The van der Waals surface area contributed by atoms with Crippen LogP contribution in [0.5, 0.6) is 17.2 Å². The van der Waals surface area contributed by atoms with Crippen molar-refractivity contribution in [2.24, 2.45) is 0 Å². The van der Waals surface area contributed by atoms with Crippen LogP contribution in [-0.2, 0) is 11.3 Å². The predicted octanol–water partition coefficient (Wildman–Crippen LogP) is 5.89. The molecule has 0 amide bonds. The zero-order valence-electron chi connectivity index (χ0n) is 18.9. The van der Waals surface area contributed by atoms with Crippen molar-refractivity contribution in [1.82, 2.24) is 4.57 Å². The minimum atomic E-state index is -0.878. The molecule has 0 saturated carbocycles. The Morgan fingerprint density at radius 1 is 0.765 bits per heavy atom. The maximum Gasteiger partial charge on any atom is 0.323 e. The lowest BCUT2D eigenvalue weighted by molar-refractivity contribution is -0.137. The molecule has 1 aromatic heterocycles. The molecule has 0 radical (unpaired) electrons. The lowest BCUT2D eigenvalue weighted by atomic mass is 10.1. The van der Waals surface area contributed by atoms with E-state index >= 15 is 0 Å². The van der Waals surface area contributed by atoms with E-state index in [1.165, 1.54) is 0 Å². The van der Waals surface area contributed by atoms with Gasteiger partial charge in [-0.25, -0.2) is 0 Å². The number of benzene rings is 4. The van der Waals surface area contributed by atoms with E-state index in [0.29, 0.717) is 25.4 Å². The predicted molar refractivity (Wildman–Crippen MR) is 133 cm³/mol. The number of fused-ring (bicyclic) bond motifs is 4. The molecule has 0 saturated heterocycles. The van der Waals surface area contributed by atoms with Crippen molar-refractivity contribution in [1.29, 1.82) is 0 Å². The second-order valence-electron chi connectivity index (χ2n) is 8.04. The maximum absolute atomic E-state index is 11.4. The molecule has 0 unspecified atom stereocenters. The molecule has 6 heteroatoms. The molecule has 5 rings (SSSR count). The molecule has 0 spiro atoms. The van der Waals surface area contributed by atoms with E-state index in [9.17, 15) is 9.90 Å². The summed E-state index contributed by atoms with van der Waals surface area (Å²) in [6.07, 6.45) is 0.705. The zero-order chi connectivity index (χ0) is 23.5. The van der Waals surface area contributed by atoms with Crippen LogP contribution in [0.4, 0.5) is 0 Å². The monoisotopic (exact) mass is 455 g/mol. The number of methoxy groups -OCH3 is 1. The Morgan fingerprint density at radius 3 is 2.18 bits per heavy atom. The first-order chi connectivity index (χ1) is 16.7. The number of carbonyl (C=O) groups is 1. The first-order valence-corrected chi connectivity index (χ1v) is 11.2. The van der Waals surface area contributed by atoms with Gasteiger partial charge in [-0.15, -0.1) is 0 Å². The smallest absolute Gasteiger partial charge is 0.323 e. The van der Waals surface area contributed by atoms with Crippen LogP contribution in [-0.4, -0.2) is 36.0 Å². The summed E-state index contributed by atoms with van der Waals surface area (Å²) in [5.41, 5.74) is 1.75. The highest BCUT2D eigenvalue weighted by molar-refractivity contribution is 6.08. The third kappa shape index (κ3) is 4.10. The van der Waals surface area contributed by atoms with Gasteiger partial charge in [0.25, 0.3) is 0 Å². The van der Waals surface area contributed by atoms with Crippen LogP contribution in [0.3, 0.4) is 0 Å². The normalized spacial score (nSPS) is 11.2. The fourth-order valence-corrected chi connectivity index (χ4v) is 4.40. The summed E-state index contributed by atoms with van der Waals surface area (Å²) in [5.74, 6) is 1.46. The van der Waals surface area contributed by atoms with E-state index in [1.807, 2.05) is 83.4 Å². The van der Waals surface area contributed by atoms with E-state index in [1.54, 1.807) is 7.11 Å². The fraction of sp³-hybridized carbons (Fsp3) is 0.179. The summed E-state index contributed by atoms with van der Waals surface area (Å²) in [7, 11) is 1.66. The Morgan fingerprint density at radius 2 is 1.41 bits per heavy atom. The molecule has 0 fully saturated rings. The van der Waals surface area contributed by atoms with Crippen molar-refractivity contribution in [3.05, 3.63) is 78.9 Å². The maximum atomic E-state index is 11.4. The van der Waals surface area contributed by atoms with Gasteiger partial charge in [0, 0.05) is 39.5 Å². The molecule has 0 bridgehead atoms. The molecule has 1 heterocycles. The average Bonchev–Trinajstić information content (AvgIpc) is 3.16. The SMILES string of the molecule is COc1ccc(OCCCOc2ccc3c4ccccc4n(CC(=O)O)c3c2)c2ccccc12. The third-order valence-corrected chi connectivity index (χ3v) is 5.92. The number of nitrogens with zero attached hydrogens (tertiary/aromatic N) is 1. The van der Waals surface area contributed by atoms with Gasteiger partial charge in [-0.05, 0) is 30.3 Å². The molecule has 0 atom stereocenters. The largest absolute Gasteiger partial charge is 0.496 e. The quantitative estimate of drug-likeness (QED) is 0.281.